The van der Waals surface area contributed by atoms with Crippen LogP contribution >= 0.6 is 0 Å². The maximum absolute atomic E-state index is 10.8. The number of methoxy groups -OCH3 is 1. The molecule has 2 aromatic rings. The number of hydrogen-bond acceptors (Lipinski definition) is 7. The van der Waals surface area contributed by atoms with E-state index < -0.39 is 4.92 Å². The first kappa shape index (κ1) is 10.9. The highest BCUT2D eigenvalue weighted by Crippen LogP contribution is 2.31. The highest BCUT2D eigenvalue weighted by Gasteiger charge is 2.18. The first-order valence-electron chi connectivity index (χ1n) is 4.54. The Balaban J connectivity index is 2.50. The van der Waals surface area contributed by atoms with Gasteiger partial charge in [0.25, 0.3) is 11.8 Å². The molecule has 0 bridgehead atoms. The van der Waals surface area contributed by atoms with Gasteiger partial charge in [0.2, 0.25) is 0 Å². The molecule has 0 aliphatic rings. The second-order valence-electron chi connectivity index (χ2n) is 3.10. The molecule has 2 N–H and O–H groups in total. The summed E-state index contributed by atoms with van der Waals surface area (Å²) in [5.74, 6) is 0.248. The van der Waals surface area contributed by atoms with Gasteiger partial charge in [-0.3, -0.25) is 10.1 Å². The molecule has 0 spiro atoms. The SMILES string of the molecule is COc1ccc(-c2nc(N)no2)cc1[N+](=O)[O-]. The van der Waals surface area contributed by atoms with Crippen molar-refractivity contribution < 1.29 is 14.2 Å². The number of aromatic nitrogens is 2. The Bertz CT molecular complexity index is 566. The van der Waals surface area contributed by atoms with Crippen molar-refractivity contribution in [1.29, 1.82) is 0 Å². The van der Waals surface area contributed by atoms with Crippen LogP contribution in [0, 0.1) is 10.1 Å². The summed E-state index contributed by atoms with van der Waals surface area (Å²) in [6.45, 7) is 0. The largest absolute Gasteiger partial charge is 0.490 e. The van der Waals surface area contributed by atoms with E-state index in [1.807, 2.05) is 0 Å². The average Bonchev–Trinajstić information content (AvgIpc) is 2.75. The second kappa shape index (κ2) is 4.08. The Morgan fingerprint density at radius 3 is 2.82 bits per heavy atom. The fraction of sp³-hybridized carbons (Fsp3) is 0.111. The molecular formula is C9H8N4O4. The Morgan fingerprint density at radius 2 is 2.29 bits per heavy atom. The van der Waals surface area contributed by atoms with Gasteiger partial charge in [-0.1, -0.05) is 0 Å². The number of ether oxygens (including phenoxy) is 1. The van der Waals surface area contributed by atoms with E-state index >= 15 is 0 Å². The Labute approximate surface area is 95.1 Å². The number of rotatable bonds is 3. The molecule has 2 rings (SSSR count). The molecule has 0 saturated carbocycles. The zero-order valence-electron chi connectivity index (χ0n) is 8.78. The fourth-order valence-electron chi connectivity index (χ4n) is 1.32. The van der Waals surface area contributed by atoms with Gasteiger partial charge in [0.15, 0.2) is 5.75 Å². The Morgan fingerprint density at radius 1 is 1.53 bits per heavy atom. The summed E-state index contributed by atoms with van der Waals surface area (Å²) in [5.41, 5.74) is 5.52. The second-order valence-corrected chi connectivity index (χ2v) is 3.10. The summed E-state index contributed by atoms with van der Waals surface area (Å²) in [7, 11) is 1.35. The lowest BCUT2D eigenvalue weighted by Gasteiger charge is -2.01. The van der Waals surface area contributed by atoms with Crippen LogP contribution in [0.3, 0.4) is 0 Å². The van der Waals surface area contributed by atoms with Crippen LogP contribution in [0.1, 0.15) is 0 Å². The fourth-order valence-corrected chi connectivity index (χ4v) is 1.32. The van der Waals surface area contributed by atoms with Crippen molar-refractivity contribution in [2.45, 2.75) is 0 Å². The first-order chi connectivity index (χ1) is 8.11. The summed E-state index contributed by atoms with van der Waals surface area (Å²) < 4.78 is 9.68. The van der Waals surface area contributed by atoms with Crippen molar-refractivity contribution in [3.63, 3.8) is 0 Å². The van der Waals surface area contributed by atoms with Crippen LogP contribution in [0.25, 0.3) is 11.5 Å². The third kappa shape index (κ3) is 2.00. The number of nitrogens with two attached hydrogens (primary N) is 1. The smallest absolute Gasteiger partial charge is 0.311 e. The lowest BCUT2D eigenvalue weighted by Crippen LogP contribution is -1.94. The van der Waals surface area contributed by atoms with Gasteiger partial charge in [-0.25, -0.2) is 0 Å². The van der Waals surface area contributed by atoms with Gasteiger partial charge < -0.3 is 15.0 Å². The maximum atomic E-state index is 10.8. The molecule has 88 valence electrons. The first-order valence-corrected chi connectivity index (χ1v) is 4.54. The van der Waals surface area contributed by atoms with Gasteiger partial charge in [-0.05, 0) is 17.3 Å². The lowest BCUT2D eigenvalue weighted by atomic mass is 10.2. The maximum Gasteiger partial charge on any atom is 0.311 e. The number of nitro benzene ring substituents is 1. The predicted molar refractivity (Wildman–Crippen MR) is 57.4 cm³/mol. The number of nitro groups is 1. The lowest BCUT2D eigenvalue weighted by molar-refractivity contribution is -0.385. The molecule has 0 radical (unpaired) electrons. The van der Waals surface area contributed by atoms with Gasteiger partial charge in [-0.15, -0.1) is 0 Å². The quantitative estimate of drug-likeness (QED) is 0.628. The van der Waals surface area contributed by atoms with E-state index in [-0.39, 0.29) is 23.3 Å². The summed E-state index contributed by atoms with van der Waals surface area (Å²) in [5, 5.41) is 14.2. The minimum absolute atomic E-state index is 0.0292. The molecule has 8 heteroatoms. The Kier molecular flexibility index (Phi) is 2.61. The molecule has 0 aliphatic heterocycles. The third-order valence-electron chi connectivity index (χ3n) is 2.06. The van der Waals surface area contributed by atoms with E-state index in [1.165, 1.54) is 19.2 Å². The normalized spacial score (nSPS) is 10.2. The third-order valence-corrected chi connectivity index (χ3v) is 2.06. The topological polar surface area (TPSA) is 117 Å². The standard InChI is InChI=1S/C9H8N4O4/c1-16-7-3-2-5(4-6(7)13(14)15)8-11-9(10)12-17-8/h2-4H,1H3,(H2,10,12). The molecule has 0 unspecified atom stereocenters. The highest BCUT2D eigenvalue weighted by molar-refractivity contribution is 5.62. The van der Waals surface area contributed by atoms with E-state index in [2.05, 4.69) is 10.1 Å². The summed E-state index contributed by atoms with van der Waals surface area (Å²) in [4.78, 5) is 14.0. The zero-order valence-corrected chi connectivity index (χ0v) is 8.78. The predicted octanol–water partition coefficient (Wildman–Crippen LogP) is 1.24. The number of nitrogen functional groups attached to an aromatic ring is 1. The van der Waals surface area contributed by atoms with Gasteiger partial charge >= 0.3 is 5.69 Å². The van der Waals surface area contributed by atoms with E-state index in [1.54, 1.807) is 6.07 Å². The molecule has 0 atom stereocenters. The van der Waals surface area contributed by atoms with Crippen molar-refractivity contribution >= 4 is 11.6 Å². The minimum Gasteiger partial charge on any atom is -0.490 e. The number of hydrogen-bond donors (Lipinski definition) is 1. The molecule has 1 heterocycles. The van der Waals surface area contributed by atoms with Crippen LogP contribution in [0.15, 0.2) is 22.7 Å². The summed E-state index contributed by atoms with van der Waals surface area (Å²) >= 11 is 0. The Hall–Kier alpha value is -2.64. The zero-order chi connectivity index (χ0) is 12.4. The van der Waals surface area contributed by atoms with Crippen LogP contribution in [-0.4, -0.2) is 22.2 Å². The number of benzene rings is 1. The molecule has 0 amide bonds. The molecule has 1 aromatic heterocycles. The van der Waals surface area contributed by atoms with E-state index in [4.69, 9.17) is 15.0 Å². The van der Waals surface area contributed by atoms with Crippen LogP contribution in [0.2, 0.25) is 0 Å². The van der Waals surface area contributed by atoms with Gasteiger partial charge in [0.05, 0.1) is 12.0 Å². The molecule has 1 aromatic carbocycles. The van der Waals surface area contributed by atoms with E-state index in [9.17, 15) is 10.1 Å². The van der Waals surface area contributed by atoms with Crippen LogP contribution < -0.4 is 10.5 Å². The molecule has 0 saturated heterocycles. The van der Waals surface area contributed by atoms with Crippen molar-refractivity contribution in [3.8, 4) is 17.2 Å². The van der Waals surface area contributed by atoms with Gasteiger partial charge in [-0.2, -0.15) is 4.98 Å². The van der Waals surface area contributed by atoms with Crippen molar-refractivity contribution in [2.24, 2.45) is 0 Å². The summed E-state index contributed by atoms with van der Waals surface area (Å²) in [6, 6.07) is 4.30. The van der Waals surface area contributed by atoms with Crippen molar-refractivity contribution in [3.05, 3.63) is 28.3 Å². The van der Waals surface area contributed by atoms with Crippen LogP contribution in [0.5, 0.6) is 5.75 Å². The molecule has 0 fully saturated rings. The highest BCUT2D eigenvalue weighted by atomic mass is 16.6. The minimum atomic E-state index is -0.554. The van der Waals surface area contributed by atoms with Crippen LogP contribution in [0.4, 0.5) is 11.6 Å². The number of anilines is 1. The van der Waals surface area contributed by atoms with Crippen molar-refractivity contribution in [1.82, 2.24) is 10.1 Å². The number of nitrogens with zero attached hydrogens (tertiary/aromatic N) is 3. The molecule has 0 aliphatic carbocycles. The molecular weight excluding hydrogens is 228 g/mol. The molecule has 17 heavy (non-hydrogen) atoms. The van der Waals surface area contributed by atoms with Gasteiger partial charge in [0.1, 0.15) is 0 Å². The van der Waals surface area contributed by atoms with E-state index in [0.717, 1.165) is 0 Å². The van der Waals surface area contributed by atoms with Gasteiger partial charge in [0, 0.05) is 11.6 Å². The van der Waals surface area contributed by atoms with E-state index in [0.29, 0.717) is 5.56 Å². The average molecular weight is 236 g/mol. The summed E-state index contributed by atoms with van der Waals surface area (Å²) in [6.07, 6.45) is 0. The molecule has 8 nitrogen and oxygen atoms in total. The van der Waals surface area contributed by atoms with Crippen molar-refractivity contribution in [2.75, 3.05) is 12.8 Å². The van der Waals surface area contributed by atoms with Crippen LogP contribution in [-0.2, 0) is 0 Å². The monoisotopic (exact) mass is 236 g/mol.